The van der Waals surface area contributed by atoms with E-state index >= 15 is 0 Å². The minimum atomic E-state index is -0.553. The number of esters is 1. The van der Waals surface area contributed by atoms with Crippen LogP contribution in [-0.4, -0.2) is 37.7 Å². The van der Waals surface area contributed by atoms with E-state index in [0.717, 1.165) is 5.56 Å². The van der Waals surface area contributed by atoms with Gasteiger partial charge in [0.15, 0.2) is 0 Å². The van der Waals surface area contributed by atoms with Gasteiger partial charge in [0.2, 0.25) is 5.91 Å². The highest BCUT2D eigenvalue weighted by molar-refractivity contribution is 5.89. The zero-order valence-corrected chi connectivity index (χ0v) is 18.0. The number of para-hydroxylation sites is 1. The first-order valence-electron chi connectivity index (χ1n) is 10.1. The highest BCUT2D eigenvalue weighted by atomic mass is 16.5. The summed E-state index contributed by atoms with van der Waals surface area (Å²) in [5.74, 6) is -0.0260. The Labute approximate surface area is 182 Å². The molecule has 166 valence electrons. The Morgan fingerprint density at radius 2 is 1.65 bits per heavy atom. The topological polar surface area (TPSA) is 106 Å². The molecule has 2 aromatic carbocycles. The highest BCUT2D eigenvalue weighted by Gasteiger charge is 2.20. The number of amides is 3. The fraction of sp³-hybridized carbons (Fsp3) is 0.348. The Hall–Kier alpha value is -3.55. The number of anilines is 1. The average molecular weight is 428 g/mol. The van der Waals surface area contributed by atoms with Crippen LogP contribution in [0.3, 0.4) is 0 Å². The Balaban J connectivity index is 1.89. The lowest BCUT2D eigenvalue weighted by atomic mass is 10.0. The first-order chi connectivity index (χ1) is 14.9. The third kappa shape index (κ3) is 8.77. The molecule has 0 aliphatic heterocycles. The lowest BCUT2D eigenvalue weighted by molar-refractivity contribution is -0.148. The van der Waals surface area contributed by atoms with Gasteiger partial charge in [-0.05, 0) is 43.7 Å². The molecule has 3 amide bonds. The van der Waals surface area contributed by atoms with E-state index in [0.29, 0.717) is 11.4 Å². The highest BCUT2D eigenvalue weighted by Crippen LogP contribution is 2.21. The first kappa shape index (κ1) is 23.7. The molecule has 1 atom stereocenters. The van der Waals surface area contributed by atoms with E-state index in [1.807, 2.05) is 18.2 Å². The summed E-state index contributed by atoms with van der Waals surface area (Å²) < 4.78 is 10.4. The van der Waals surface area contributed by atoms with Crippen molar-refractivity contribution in [3.8, 4) is 5.75 Å². The van der Waals surface area contributed by atoms with Crippen molar-refractivity contribution in [3.63, 3.8) is 0 Å². The van der Waals surface area contributed by atoms with Crippen LogP contribution in [-0.2, 0) is 14.3 Å². The molecule has 31 heavy (non-hydrogen) atoms. The summed E-state index contributed by atoms with van der Waals surface area (Å²) in [4.78, 5) is 36.5. The van der Waals surface area contributed by atoms with Crippen molar-refractivity contribution in [2.75, 3.05) is 19.0 Å². The predicted octanol–water partition coefficient (Wildman–Crippen LogP) is 3.41. The van der Waals surface area contributed by atoms with E-state index in [2.05, 4.69) is 16.0 Å². The van der Waals surface area contributed by atoms with Crippen LogP contribution < -0.4 is 20.7 Å². The van der Waals surface area contributed by atoms with Crippen LogP contribution in [0.2, 0.25) is 0 Å². The van der Waals surface area contributed by atoms with Crippen LogP contribution in [0.15, 0.2) is 54.6 Å². The summed E-state index contributed by atoms with van der Waals surface area (Å²) in [6.07, 6.45) is -0.182. The van der Waals surface area contributed by atoms with Crippen molar-refractivity contribution in [3.05, 3.63) is 60.2 Å². The molecule has 2 aromatic rings. The molecule has 0 unspecified atom stereocenters. The maximum Gasteiger partial charge on any atom is 0.319 e. The SMILES string of the molecule is COc1ccc([C@@H](CC(=O)OC(C)C)NC(=O)CCNC(=O)Nc2ccccc2)cc1. The molecule has 0 saturated carbocycles. The quantitative estimate of drug-likeness (QED) is 0.504. The van der Waals surface area contributed by atoms with E-state index in [9.17, 15) is 14.4 Å². The van der Waals surface area contributed by atoms with Gasteiger partial charge in [-0.15, -0.1) is 0 Å². The Morgan fingerprint density at radius 3 is 2.26 bits per heavy atom. The van der Waals surface area contributed by atoms with Crippen LogP contribution in [0.5, 0.6) is 5.75 Å². The molecular formula is C23H29N3O5. The van der Waals surface area contributed by atoms with Gasteiger partial charge in [0.05, 0.1) is 25.7 Å². The van der Waals surface area contributed by atoms with Gasteiger partial charge < -0.3 is 25.4 Å². The number of benzene rings is 2. The third-order valence-corrected chi connectivity index (χ3v) is 4.26. The number of nitrogens with one attached hydrogen (secondary N) is 3. The average Bonchev–Trinajstić information content (AvgIpc) is 2.73. The maximum atomic E-state index is 12.4. The first-order valence-corrected chi connectivity index (χ1v) is 10.1. The fourth-order valence-corrected chi connectivity index (χ4v) is 2.82. The van der Waals surface area contributed by atoms with E-state index < -0.39 is 18.0 Å². The smallest absolute Gasteiger partial charge is 0.319 e. The normalized spacial score (nSPS) is 11.4. The van der Waals surface area contributed by atoms with Crippen LogP contribution in [0, 0.1) is 0 Å². The van der Waals surface area contributed by atoms with Gasteiger partial charge >= 0.3 is 12.0 Å². The molecule has 0 spiro atoms. The van der Waals surface area contributed by atoms with Gasteiger partial charge in [-0.3, -0.25) is 9.59 Å². The number of rotatable bonds is 10. The Bertz CT molecular complexity index is 853. The minimum Gasteiger partial charge on any atom is -0.497 e. The summed E-state index contributed by atoms with van der Waals surface area (Å²) in [6, 6.07) is 15.2. The Kier molecular flexibility index (Phi) is 9.35. The molecule has 0 aliphatic carbocycles. The van der Waals surface area contributed by atoms with Crippen molar-refractivity contribution >= 4 is 23.6 Å². The molecule has 8 heteroatoms. The number of urea groups is 1. The summed E-state index contributed by atoms with van der Waals surface area (Å²) in [7, 11) is 1.56. The monoisotopic (exact) mass is 427 g/mol. The van der Waals surface area contributed by atoms with Crippen LogP contribution in [0.1, 0.15) is 38.3 Å². The fourth-order valence-electron chi connectivity index (χ4n) is 2.82. The van der Waals surface area contributed by atoms with Crippen LogP contribution in [0.4, 0.5) is 10.5 Å². The summed E-state index contributed by atoms with van der Waals surface area (Å²) in [6.45, 7) is 3.69. The standard InChI is InChI=1S/C23H29N3O5/c1-16(2)31-22(28)15-20(17-9-11-19(30-3)12-10-17)26-21(27)13-14-24-23(29)25-18-7-5-4-6-8-18/h4-12,16,20H,13-15H2,1-3H3,(H,26,27)(H2,24,25,29)/t20-/m1/s1. The number of carbonyl (C=O) groups is 3. The maximum absolute atomic E-state index is 12.4. The van der Waals surface area contributed by atoms with E-state index in [1.165, 1.54) is 0 Å². The van der Waals surface area contributed by atoms with Gasteiger partial charge in [-0.2, -0.15) is 0 Å². The molecule has 0 aliphatic rings. The summed E-state index contributed by atoms with van der Waals surface area (Å²) in [5.41, 5.74) is 1.41. The lowest BCUT2D eigenvalue weighted by Gasteiger charge is -2.20. The minimum absolute atomic E-state index is 0.00181. The van der Waals surface area contributed by atoms with Crippen molar-refractivity contribution in [2.45, 2.75) is 38.8 Å². The van der Waals surface area contributed by atoms with Gasteiger partial charge in [0.1, 0.15) is 5.75 Å². The molecule has 0 heterocycles. The number of methoxy groups -OCH3 is 1. The molecule has 0 bridgehead atoms. The lowest BCUT2D eigenvalue weighted by Crippen LogP contribution is -2.35. The van der Waals surface area contributed by atoms with Crippen molar-refractivity contribution in [1.29, 1.82) is 0 Å². The van der Waals surface area contributed by atoms with Crippen molar-refractivity contribution < 1.29 is 23.9 Å². The predicted molar refractivity (Wildman–Crippen MR) is 118 cm³/mol. The second kappa shape index (κ2) is 12.2. The molecule has 3 N–H and O–H groups in total. The largest absolute Gasteiger partial charge is 0.497 e. The van der Waals surface area contributed by atoms with Gasteiger partial charge in [-0.1, -0.05) is 30.3 Å². The van der Waals surface area contributed by atoms with Crippen molar-refractivity contribution in [2.24, 2.45) is 0 Å². The molecule has 0 aromatic heterocycles. The molecule has 8 nitrogen and oxygen atoms in total. The van der Waals surface area contributed by atoms with Crippen LogP contribution in [0.25, 0.3) is 0 Å². The molecule has 0 radical (unpaired) electrons. The summed E-state index contributed by atoms with van der Waals surface area (Å²) >= 11 is 0. The van der Waals surface area contributed by atoms with Crippen LogP contribution >= 0.6 is 0 Å². The third-order valence-electron chi connectivity index (χ3n) is 4.26. The number of ether oxygens (including phenoxy) is 2. The van der Waals surface area contributed by atoms with E-state index in [-0.39, 0.29) is 31.4 Å². The molecule has 0 fully saturated rings. The van der Waals surface area contributed by atoms with Gasteiger partial charge in [0, 0.05) is 18.7 Å². The Morgan fingerprint density at radius 1 is 0.968 bits per heavy atom. The van der Waals surface area contributed by atoms with Gasteiger partial charge in [-0.25, -0.2) is 4.79 Å². The second-order valence-electron chi connectivity index (χ2n) is 7.13. The van der Waals surface area contributed by atoms with Crippen molar-refractivity contribution in [1.82, 2.24) is 10.6 Å². The second-order valence-corrected chi connectivity index (χ2v) is 7.13. The number of carbonyl (C=O) groups excluding carboxylic acids is 3. The van der Waals surface area contributed by atoms with Gasteiger partial charge in [0.25, 0.3) is 0 Å². The van der Waals surface area contributed by atoms with E-state index in [1.54, 1.807) is 57.4 Å². The molecular weight excluding hydrogens is 398 g/mol. The molecule has 2 rings (SSSR count). The number of hydrogen-bond donors (Lipinski definition) is 3. The van der Waals surface area contributed by atoms with E-state index in [4.69, 9.17) is 9.47 Å². The zero-order valence-electron chi connectivity index (χ0n) is 18.0. The summed E-state index contributed by atoms with van der Waals surface area (Å²) in [5, 5.41) is 8.17. The number of hydrogen-bond acceptors (Lipinski definition) is 5. The molecule has 0 saturated heterocycles. The zero-order chi connectivity index (χ0) is 22.6.